The van der Waals surface area contributed by atoms with Crippen molar-refractivity contribution in [2.45, 2.75) is 51.6 Å². The van der Waals surface area contributed by atoms with Gasteiger partial charge in [0.15, 0.2) is 0 Å². The quantitative estimate of drug-likeness (QED) is 0.897. The van der Waals surface area contributed by atoms with E-state index < -0.39 is 29.1 Å². The summed E-state index contributed by atoms with van der Waals surface area (Å²) in [6.07, 6.45) is 4.06. The lowest BCUT2D eigenvalue weighted by Gasteiger charge is -2.31. The second-order valence-corrected chi connectivity index (χ2v) is 6.68. The lowest BCUT2D eigenvalue weighted by atomic mass is 10.0. The molecule has 2 rings (SSSR count). The fourth-order valence-electron chi connectivity index (χ4n) is 3.13. The molecule has 1 unspecified atom stereocenters. The summed E-state index contributed by atoms with van der Waals surface area (Å²) in [4.78, 5) is 26.7. The summed E-state index contributed by atoms with van der Waals surface area (Å²) in [6, 6.07) is 2.59. The highest BCUT2D eigenvalue weighted by Gasteiger charge is 2.32. The molecule has 1 saturated carbocycles. The van der Waals surface area contributed by atoms with E-state index in [4.69, 9.17) is 0 Å². The van der Waals surface area contributed by atoms with Gasteiger partial charge in [-0.25, -0.2) is 8.78 Å². The average Bonchev–Trinajstić information content (AvgIpc) is 3.05. The van der Waals surface area contributed by atoms with Crippen LogP contribution in [-0.4, -0.2) is 35.8 Å². The average molecular weight is 338 g/mol. The number of nitrogens with one attached hydrogen (secondary N) is 1. The summed E-state index contributed by atoms with van der Waals surface area (Å²) in [6.45, 7) is 3.59. The molecule has 24 heavy (non-hydrogen) atoms. The summed E-state index contributed by atoms with van der Waals surface area (Å²) in [5.74, 6) is -3.20. The van der Waals surface area contributed by atoms with Gasteiger partial charge in [-0.1, -0.05) is 32.8 Å². The number of amides is 2. The van der Waals surface area contributed by atoms with Crippen LogP contribution in [0.4, 0.5) is 8.78 Å². The topological polar surface area (TPSA) is 49.4 Å². The third-order valence-corrected chi connectivity index (χ3v) is 4.63. The van der Waals surface area contributed by atoms with Crippen LogP contribution in [0.15, 0.2) is 18.2 Å². The second-order valence-electron chi connectivity index (χ2n) is 6.68. The maximum absolute atomic E-state index is 13.8. The molecule has 1 aromatic rings. The highest BCUT2D eigenvalue weighted by Crippen LogP contribution is 2.23. The number of hydrogen-bond donors (Lipinski definition) is 1. The van der Waals surface area contributed by atoms with Crippen LogP contribution >= 0.6 is 0 Å². The van der Waals surface area contributed by atoms with Gasteiger partial charge in [-0.3, -0.25) is 9.59 Å². The van der Waals surface area contributed by atoms with Crippen molar-refractivity contribution in [1.29, 1.82) is 0 Å². The molecule has 0 radical (unpaired) electrons. The number of halogens is 2. The number of carbonyl (C=O) groups excluding carboxylic acids is 2. The summed E-state index contributed by atoms with van der Waals surface area (Å²) in [7, 11) is 1.73. The van der Waals surface area contributed by atoms with Crippen molar-refractivity contribution in [2.24, 2.45) is 5.92 Å². The Balaban J connectivity index is 2.16. The zero-order chi connectivity index (χ0) is 17.9. The number of hydrogen-bond acceptors (Lipinski definition) is 2. The number of nitrogens with zero attached hydrogens (tertiary/aromatic N) is 1. The molecule has 132 valence electrons. The largest absolute Gasteiger partial charge is 0.341 e. The van der Waals surface area contributed by atoms with Gasteiger partial charge in [-0.05, 0) is 30.9 Å². The molecule has 2 amide bonds. The summed E-state index contributed by atoms with van der Waals surface area (Å²) in [5.41, 5.74) is -0.653. The Morgan fingerprint density at radius 1 is 1.17 bits per heavy atom. The van der Waals surface area contributed by atoms with E-state index in [0.29, 0.717) is 0 Å². The van der Waals surface area contributed by atoms with Crippen molar-refractivity contribution in [3.05, 3.63) is 35.4 Å². The van der Waals surface area contributed by atoms with Crippen molar-refractivity contribution < 1.29 is 18.4 Å². The Bertz CT molecular complexity index is 593. The van der Waals surface area contributed by atoms with E-state index in [1.54, 1.807) is 25.8 Å². The van der Waals surface area contributed by atoms with Crippen molar-refractivity contribution >= 4 is 11.8 Å². The van der Waals surface area contributed by atoms with Crippen LogP contribution in [0.25, 0.3) is 0 Å². The molecular weight excluding hydrogens is 314 g/mol. The third kappa shape index (κ3) is 3.91. The van der Waals surface area contributed by atoms with E-state index in [0.717, 1.165) is 37.8 Å². The van der Waals surface area contributed by atoms with Gasteiger partial charge in [0.25, 0.3) is 5.91 Å². The van der Waals surface area contributed by atoms with Crippen LogP contribution in [0.3, 0.4) is 0 Å². The Kier molecular flexibility index (Phi) is 5.91. The minimum Gasteiger partial charge on any atom is -0.341 e. The first-order chi connectivity index (χ1) is 11.3. The van der Waals surface area contributed by atoms with E-state index in [1.165, 1.54) is 6.07 Å². The van der Waals surface area contributed by atoms with Gasteiger partial charge in [0, 0.05) is 13.1 Å². The van der Waals surface area contributed by atoms with E-state index in [1.807, 2.05) is 0 Å². The molecule has 1 N–H and O–H groups in total. The normalized spacial score (nSPS) is 16.2. The first kappa shape index (κ1) is 18.4. The van der Waals surface area contributed by atoms with Gasteiger partial charge >= 0.3 is 0 Å². The van der Waals surface area contributed by atoms with Crippen molar-refractivity contribution in [3.8, 4) is 0 Å². The lowest BCUT2D eigenvalue weighted by Crippen LogP contribution is -2.52. The van der Waals surface area contributed by atoms with Gasteiger partial charge in [-0.2, -0.15) is 0 Å². The Hall–Kier alpha value is -1.98. The fraction of sp³-hybridized carbons (Fsp3) is 0.556. The molecule has 6 heteroatoms. The third-order valence-electron chi connectivity index (χ3n) is 4.63. The second kappa shape index (κ2) is 7.73. The highest BCUT2D eigenvalue weighted by molar-refractivity contribution is 5.98. The summed E-state index contributed by atoms with van der Waals surface area (Å²) < 4.78 is 27.5. The molecule has 4 nitrogen and oxygen atoms in total. The van der Waals surface area contributed by atoms with Crippen LogP contribution in [0.5, 0.6) is 0 Å². The number of benzene rings is 1. The van der Waals surface area contributed by atoms with Crippen molar-refractivity contribution in [1.82, 2.24) is 10.2 Å². The molecule has 0 spiro atoms. The maximum Gasteiger partial charge on any atom is 0.257 e. The summed E-state index contributed by atoms with van der Waals surface area (Å²) >= 11 is 0. The van der Waals surface area contributed by atoms with E-state index in [-0.39, 0.29) is 17.9 Å². The standard InChI is InChI=1S/C18H24F2N2O2/c1-11(2)16(18(24)22(3)12-7-4-5-8-12)21-17(23)15-13(19)9-6-10-14(15)20/h6,9-12,16H,4-5,7-8H2,1-3H3,(H,21,23). The minimum atomic E-state index is -0.938. The molecule has 1 atom stereocenters. The van der Waals surface area contributed by atoms with Crippen LogP contribution in [0, 0.1) is 17.6 Å². The Morgan fingerprint density at radius 3 is 2.21 bits per heavy atom. The number of rotatable bonds is 5. The Morgan fingerprint density at radius 2 is 1.71 bits per heavy atom. The zero-order valence-corrected chi connectivity index (χ0v) is 14.3. The molecule has 1 fully saturated rings. The van der Waals surface area contributed by atoms with Crippen molar-refractivity contribution in [2.75, 3.05) is 7.05 Å². The predicted molar refractivity (Wildman–Crippen MR) is 87.5 cm³/mol. The smallest absolute Gasteiger partial charge is 0.257 e. The molecule has 0 saturated heterocycles. The maximum atomic E-state index is 13.8. The van der Waals surface area contributed by atoms with Gasteiger partial charge in [0.1, 0.15) is 23.2 Å². The van der Waals surface area contributed by atoms with Gasteiger partial charge in [0.2, 0.25) is 5.91 Å². The van der Waals surface area contributed by atoms with Crippen LogP contribution in [0.1, 0.15) is 49.9 Å². The molecule has 0 heterocycles. The van der Waals surface area contributed by atoms with Crippen molar-refractivity contribution in [3.63, 3.8) is 0 Å². The molecule has 0 aromatic heterocycles. The molecular formula is C18H24F2N2O2. The van der Waals surface area contributed by atoms with E-state index >= 15 is 0 Å². The molecule has 0 bridgehead atoms. The highest BCUT2D eigenvalue weighted by atomic mass is 19.1. The van der Waals surface area contributed by atoms with Crippen LogP contribution < -0.4 is 5.32 Å². The zero-order valence-electron chi connectivity index (χ0n) is 14.3. The lowest BCUT2D eigenvalue weighted by molar-refractivity contribution is -0.135. The van der Waals surface area contributed by atoms with Crippen LogP contribution in [0.2, 0.25) is 0 Å². The molecule has 0 aliphatic heterocycles. The first-order valence-electron chi connectivity index (χ1n) is 8.34. The number of carbonyl (C=O) groups is 2. The monoisotopic (exact) mass is 338 g/mol. The first-order valence-corrected chi connectivity index (χ1v) is 8.34. The molecule has 1 aliphatic carbocycles. The minimum absolute atomic E-state index is 0.167. The molecule has 1 aliphatic rings. The summed E-state index contributed by atoms with van der Waals surface area (Å²) in [5, 5.41) is 2.51. The van der Waals surface area contributed by atoms with E-state index in [9.17, 15) is 18.4 Å². The van der Waals surface area contributed by atoms with E-state index in [2.05, 4.69) is 5.32 Å². The van der Waals surface area contributed by atoms with Gasteiger partial charge in [0.05, 0.1) is 0 Å². The fourth-order valence-corrected chi connectivity index (χ4v) is 3.13. The van der Waals surface area contributed by atoms with Gasteiger partial charge in [-0.15, -0.1) is 0 Å². The van der Waals surface area contributed by atoms with Gasteiger partial charge < -0.3 is 10.2 Å². The number of likely N-dealkylation sites (N-methyl/N-ethyl adjacent to an activating group) is 1. The molecule has 1 aromatic carbocycles. The predicted octanol–water partition coefficient (Wildman–Crippen LogP) is 3.12. The Labute approximate surface area is 141 Å². The van der Waals surface area contributed by atoms with Crippen LogP contribution in [-0.2, 0) is 4.79 Å². The SMILES string of the molecule is CC(C)C(NC(=O)c1c(F)cccc1F)C(=O)N(C)C1CCCC1.